The van der Waals surface area contributed by atoms with Gasteiger partial charge in [-0.3, -0.25) is 4.68 Å². The van der Waals surface area contributed by atoms with Gasteiger partial charge in [-0.1, -0.05) is 37.3 Å². The zero-order chi connectivity index (χ0) is 19.7. The molecule has 4 aromatic rings. The fourth-order valence-electron chi connectivity index (χ4n) is 4.13. The van der Waals surface area contributed by atoms with Crippen molar-refractivity contribution in [3.63, 3.8) is 0 Å². The molecule has 0 atom stereocenters. The number of imidazole rings is 2. The molecule has 0 unspecified atom stereocenters. The molecule has 1 aliphatic rings. The van der Waals surface area contributed by atoms with Gasteiger partial charge in [-0.15, -0.1) is 0 Å². The molecule has 0 N–H and O–H groups in total. The Balaban J connectivity index is 1.55. The van der Waals surface area contributed by atoms with Gasteiger partial charge < -0.3 is 9.13 Å². The second-order valence-electron chi connectivity index (χ2n) is 8.08. The van der Waals surface area contributed by atoms with Crippen LogP contribution in [0.3, 0.4) is 0 Å². The van der Waals surface area contributed by atoms with Gasteiger partial charge in [0.05, 0.1) is 12.0 Å². The average molecular weight is 387 g/mol. The van der Waals surface area contributed by atoms with Crippen molar-refractivity contribution in [1.29, 1.82) is 0 Å². The first-order valence-electron chi connectivity index (χ1n) is 10.4. The highest BCUT2D eigenvalue weighted by Crippen LogP contribution is 2.49. The van der Waals surface area contributed by atoms with Gasteiger partial charge in [-0.2, -0.15) is 5.10 Å². The maximum absolute atomic E-state index is 4.84. The summed E-state index contributed by atoms with van der Waals surface area (Å²) in [5.74, 6) is 0.998. The van der Waals surface area contributed by atoms with Crippen LogP contribution in [-0.2, 0) is 19.6 Å². The Labute approximate surface area is 170 Å². The van der Waals surface area contributed by atoms with Crippen LogP contribution in [0.25, 0.3) is 22.8 Å². The summed E-state index contributed by atoms with van der Waals surface area (Å²) in [6.07, 6.45) is 13.4. The van der Waals surface area contributed by atoms with Crippen LogP contribution in [0.5, 0.6) is 0 Å². The third-order valence-corrected chi connectivity index (χ3v) is 5.80. The van der Waals surface area contributed by atoms with Gasteiger partial charge in [0.15, 0.2) is 5.82 Å². The van der Waals surface area contributed by atoms with E-state index in [0.29, 0.717) is 0 Å². The van der Waals surface area contributed by atoms with E-state index in [4.69, 9.17) is 9.97 Å². The SMILES string of the molecule is CCCn1ccnc1-c1c(-c2ccccc2)ncn1CC1(Cn2cccn2)CC1. The highest BCUT2D eigenvalue weighted by atomic mass is 15.3. The second kappa shape index (κ2) is 7.35. The molecule has 3 heterocycles. The molecule has 1 aliphatic carbocycles. The van der Waals surface area contributed by atoms with Crippen molar-refractivity contribution in [3.8, 4) is 22.8 Å². The summed E-state index contributed by atoms with van der Waals surface area (Å²) in [7, 11) is 0. The molecule has 1 fully saturated rings. The number of aryl methyl sites for hydroxylation is 1. The Kier molecular flexibility index (Phi) is 4.54. The van der Waals surface area contributed by atoms with Gasteiger partial charge in [0, 0.05) is 55.4 Å². The highest BCUT2D eigenvalue weighted by Gasteiger charge is 2.44. The lowest BCUT2D eigenvalue weighted by atomic mass is 10.1. The monoisotopic (exact) mass is 386 g/mol. The third kappa shape index (κ3) is 3.50. The molecule has 0 saturated heterocycles. The zero-order valence-electron chi connectivity index (χ0n) is 16.8. The largest absolute Gasteiger partial charge is 0.330 e. The van der Waals surface area contributed by atoms with E-state index in [1.165, 1.54) is 12.8 Å². The molecular formula is C23H26N6. The molecule has 0 aliphatic heterocycles. The van der Waals surface area contributed by atoms with Gasteiger partial charge in [-0.25, -0.2) is 9.97 Å². The molecular weight excluding hydrogens is 360 g/mol. The highest BCUT2D eigenvalue weighted by molar-refractivity contribution is 5.75. The van der Waals surface area contributed by atoms with E-state index >= 15 is 0 Å². The van der Waals surface area contributed by atoms with Crippen LogP contribution >= 0.6 is 0 Å². The summed E-state index contributed by atoms with van der Waals surface area (Å²) in [6.45, 7) is 5.03. The van der Waals surface area contributed by atoms with Gasteiger partial charge in [-0.05, 0) is 25.3 Å². The van der Waals surface area contributed by atoms with Gasteiger partial charge >= 0.3 is 0 Å². The molecule has 3 aromatic heterocycles. The first-order valence-corrected chi connectivity index (χ1v) is 10.4. The molecule has 0 spiro atoms. The lowest BCUT2D eigenvalue weighted by Crippen LogP contribution is -2.19. The Morgan fingerprint density at radius 3 is 2.52 bits per heavy atom. The van der Waals surface area contributed by atoms with Crippen molar-refractivity contribution in [2.24, 2.45) is 5.41 Å². The number of hydrogen-bond acceptors (Lipinski definition) is 3. The summed E-state index contributed by atoms with van der Waals surface area (Å²) in [6, 6.07) is 12.4. The minimum absolute atomic E-state index is 0.248. The predicted octanol–water partition coefficient (Wildman–Crippen LogP) is 4.50. The number of hydrogen-bond donors (Lipinski definition) is 0. The average Bonchev–Trinajstić information content (AvgIpc) is 3.14. The molecule has 0 radical (unpaired) electrons. The van der Waals surface area contributed by atoms with Crippen molar-refractivity contribution in [2.45, 2.75) is 45.8 Å². The van der Waals surface area contributed by atoms with E-state index in [9.17, 15) is 0 Å². The van der Waals surface area contributed by atoms with Crippen LogP contribution < -0.4 is 0 Å². The standard InChI is InChI=1S/C23H26N6/c1-2-13-27-15-12-24-22(27)21-20(19-7-4-3-5-8-19)25-18-28(21)16-23(9-10-23)17-29-14-6-11-26-29/h3-8,11-12,14-15,18H,2,9-10,13,16-17H2,1H3. The van der Waals surface area contributed by atoms with Crippen LogP contribution in [0.4, 0.5) is 0 Å². The summed E-state index contributed by atoms with van der Waals surface area (Å²) in [5.41, 5.74) is 3.49. The zero-order valence-corrected chi connectivity index (χ0v) is 16.8. The Hall–Kier alpha value is -3.15. The van der Waals surface area contributed by atoms with E-state index in [1.54, 1.807) is 0 Å². The smallest absolute Gasteiger partial charge is 0.158 e. The number of rotatable bonds is 8. The maximum Gasteiger partial charge on any atom is 0.158 e. The van der Waals surface area contributed by atoms with Crippen molar-refractivity contribution in [3.05, 3.63) is 67.5 Å². The normalized spacial score (nSPS) is 14.9. The first kappa shape index (κ1) is 17.9. The van der Waals surface area contributed by atoms with E-state index in [1.807, 2.05) is 30.9 Å². The van der Waals surface area contributed by atoms with Crippen LogP contribution in [0, 0.1) is 5.41 Å². The lowest BCUT2D eigenvalue weighted by molar-refractivity contribution is 0.345. The molecule has 5 rings (SSSR count). The fourth-order valence-corrected chi connectivity index (χ4v) is 4.13. The molecule has 6 nitrogen and oxygen atoms in total. The van der Waals surface area contributed by atoms with Crippen molar-refractivity contribution in [1.82, 2.24) is 28.9 Å². The summed E-state index contributed by atoms with van der Waals surface area (Å²) < 4.78 is 6.61. The van der Waals surface area contributed by atoms with Gasteiger partial charge in [0.2, 0.25) is 0 Å². The second-order valence-corrected chi connectivity index (χ2v) is 8.08. The van der Waals surface area contributed by atoms with Crippen molar-refractivity contribution < 1.29 is 0 Å². The number of aromatic nitrogens is 6. The van der Waals surface area contributed by atoms with Crippen LogP contribution in [0.15, 0.2) is 67.5 Å². The lowest BCUT2D eigenvalue weighted by Gasteiger charge is -2.19. The Morgan fingerprint density at radius 1 is 0.931 bits per heavy atom. The summed E-state index contributed by atoms with van der Waals surface area (Å²) >= 11 is 0. The number of nitrogens with zero attached hydrogens (tertiary/aromatic N) is 6. The summed E-state index contributed by atoms with van der Waals surface area (Å²) in [5, 5.41) is 4.42. The Bertz CT molecular complexity index is 1070. The van der Waals surface area contributed by atoms with E-state index in [-0.39, 0.29) is 5.41 Å². The van der Waals surface area contributed by atoms with Crippen molar-refractivity contribution in [2.75, 3.05) is 0 Å². The van der Waals surface area contributed by atoms with Gasteiger partial charge in [0.25, 0.3) is 0 Å². The number of benzene rings is 1. The van der Waals surface area contributed by atoms with Gasteiger partial charge in [0.1, 0.15) is 5.69 Å². The minimum atomic E-state index is 0.248. The molecule has 6 heteroatoms. The molecule has 29 heavy (non-hydrogen) atoms. The quantitative estimate of drug-likeness (QED) is 0.448. The minimum Gasteiger partial charge on any atom is -0.330 e. The molecule has 0 bridgehead atoms. The topological polar surface area (TPSA) is 53.5 Å². The van der Waals surface area contributed by atoms with E-state index < -0.39 is 0 Å². The van der Waals surface area contributed by atoms with Crippen LogP contribution in [0.1, 0.15) is 26.2 Å². The molecule has 1 saturated carbocycles. The third-order valence-electron chi connectivity index (χ3n) is 5.80. The fraction of sp³-hybridized carbons (Fsp3) is 0.348. The van der Waals surface area contributed by atoms with Crippen molar-refractivity contribution >= 4 is 0 Å². The van der Waals surface area contributed by atoms with Crippen LogP contribution in [-0.4, -0.2) is 28.9 Å². The van der Waals surface area contributed by atoms with E-state index in [2.05, 4.69) is 62.5 Å². The molecule has 148 valence electrons. The predicted molar refractivity (Wildman–Crippen MR) is 113 cm³/mol. The molecule has 1 aromatic carbocycles. The maximum atomic E-state index is 4.84. The first-order chi connectivity index (χ1) is 14.3. The molecule has 0 amide bonds. The Morgan fingerprint density at radius 2 is 1.79 bits per heavy atom. The van der Waals surface area contributed by atoms with Crippen LogP contribution in [0.2, 0.25) is 0 Å². The summed E-state index contributed by atoms with van der Waals surface area (Å²) in [4.78, 5) is 9.57. The van der Waals surface area contributed by atoms with E-state index in [0.717, 1.165) is 48.8 Å².